The van der Waals surface area contributed by atoms with Gasteiger partial charge in [0, 0.05) is 0 Å². The SMILES string of the molecule is OC(F)(C(F)(F)F)C(F)(F)C(F)(F)C(F)(F)C(F)(F)C(F)(F)F. The largest absolute Gasteiger partial charge is 0.460 e. The molecule has 0 saturated heterocycles. The van der Waals surface area contributed by atoms with Gasteiger partial charge in [0.15, 0.2) is 0 Å². The Labute approximate surface area is 114 Å². The van der Waals surface area contributed by atoms with Crippen LogP contribution in [0.25, 0.3) is 0 Å². The molecule has 0 spiro atoms. The van der Waals surface area contributed by atoms with Gasteiger partial charge in [0.25, 0.3) is 0 Å². The Morgan fingerprint density at radius 3 is 0.826 bits per heavy atom. The highest BCUT2D eigenvalue weighted by Gasteiger charge is 2.93. The molecule has 140 valence electrons. The molecule has 1 unspecified atom stereocenters. The van der Waals surface area contributed by atoms with Gasteiger partial charge in [-0.3, -0.25) is 0 Å². The monoisotopic (exact) mass is 386 g/mol. The molecule has 1 nitrogen and oxygen atoms in total. The van der Waals surface area contributed by atoms with Gasteiger partial charge in [0.1, 0.15) is 0 Å². The van der Waals surface area contributed by atoms with Crippen molar-refractivity contribution in [3.05, 3.63) is 0 Å². The number of halogens is 15. The molecule has 0 radical (unpaired) electrons. The highest BCUT2D eigenvalue weighted by molar-refractivity contribution is 5.11. The Morgan fingerprint density at radius 1 is 0.348 bits per heavy atom. The fraction of sp³-hybridized carbons (Fsp3) is 1.00. The lowest BCUT2D eigenvalue weighted by Crippen LogP contribution is -2.73. The number of hydrogen-bond acceptors (Lipinski definition) is 1. The quantitative estimate of drug-likeness (QED) is 0.715. The lowest BCUT2D eigenvalue weighted by molar-refractivity contribution is -0.472. The van der Waals surface area contributed by atoms with Crippen molar-refractivity contribution < 1.29 is 71.0 Å². The fourth-order valence-electron chi connectivity index (χ4n) is 0.958. The Kier molecular flexibility index (Phi) is 4.72. The summed E-state index contributed by atoms with van der Waals surface area (Å²) in [5.74, 6) is -40.2. The molecule has 0 saturated carbocycles. The third-order valence-corrected chi connectivity index (χ3v) is 2.33. The third kappa shape index (κ3) is 2.67. The summed E-state index contributed by atoms with van der Waals surface area (Å²) in [5, 5.41) is 7.67. The number of aliphatic hydroxyl groups is 1. The summed E-state index contributed by atoms with van der Waals surface area (Å²) in [5.41, 5.74) is 0. The summed E-state index contributed by atoms with van der Waals surface area (Å²) < 4.78 is 182. The van der Waals surface area contributed by atoms with Crippen molar-refractivity contribution in [3.8, 4) is 0 Å². The summed E-state index contributed by atoms with van der Waals surface area (Å²) in [6.07, 6.45) is -15.1. The van der Waals surface area contributed by atoms with Crippen LogP contribution in [0.5, 0.6) is 0 Å². The van der Waals surface area contributed by atoms with Crippen molar-refractivity contribution in [3.63, 3.8) is 0 Å². The minimum absolute atomic E-state index is 7.44. The first-order chi connectivity index (χ1) is 9.50. The van der Waals surface area contributed by atoms with Crippen LogP contribution in [-0.2, 0) is 0 Å². The predicted molar refractivity (Wildman–Crippen MR) is 38.0 cm³/mol. The molecule has 0 heterocycles. The average Bonchev–Trinajstić information content (AvgIpc) is 2.24. The number of rotatable bonds is 4. The Balaban J connectivity index is 6.37. The Hall–Kier alpha value is -1.09. The van der Waals surface area contributed by atoms with Crippen LogP contribution in [0.15, 0.2) is 0 Å². The summed E-state index contributed by atoms with van der Waals surface area (Å²) in [6.45, 7) is 0. The van der Waals surface area contributed by atoms with E-state index < -0.39 is 41.9 Å². The molecule has 0 aliphatic rings. The standard InChI is InChI=1S/C7HF15O/c8-1(9,2(10,11)4(14,15)6(17,18)19)3(12,13)5(16,23)7(20,21)22/h23H. The molecule has 0 amide bonds. The van der Waals surface area contributed by atoms with Gasteiger partial charge in [-0.15, -0.1) is 0 Å². The molecule has 0 rings (SSSR count). The predicted octanol–water partition coefficient (Wildman–Crippen LogP) is 4.31. The minimum Gasteiger partial charge on any atom is -0.350 e. The van der Waals surface area contributed by atoms with E-state index in [9.17, 15) is 65.9 Å². The van der Waals surface area contributed by atoms with Gasteiger partial charge in [0.2, 0.25) is 0 Å². The maximum absolute atomic E-state index is 12.7. The van der Waals surface area contributed by atoms with Crippen LogP contribution in [0.3, 0.4) is 0 Å². The highest BCUT2D eigenvalue weighted by Crippen LogP contribution is 2.61. The van der Waals surface area contributed by atoms with E-state index in [0.717, 1.165) is 0 Å². The first-order valence-electron chi connectivity index (χ1n) is 4.56. The van der Waals surface area contributed by atoms with Crippen molar-refractivity contribution in [2.24, 2.45) is 0 Å². The first-order valence-corrected chi connectivity index (χ1v) is 4.56. The minimum atomic E-state index is -8.31. The first kappa shape index (κ1) is 21.9. The molecule has 0 aromatic heterocycles. The molecule has 1 atom stereocenters. The van der Waals surface area contributed by atoms with Crippen LogP contribution >= 0.6 is 0 Å². The van der Waals surface area contributed by atoms with Gasteiger partial charge in [-0.2, -0.15) is 65.9 Å². The highest BCUT2D eigenvalue weighted by atomic mass is 19.4. The summed E-state index contributed by atoms with van der Waals surface area (Å²) in [4.78, 5) is 0. The van der Waals surface area contributed by atoms with E-state index in [1.54, 1.807) is 0 Å². The second-order valence-electron chi connectivity index (χ2n) is 3.92. The average molecular weight is 386 g/mol. The lowest BCUT2D eigenvalue weighted by Gasteiger charge is -2.40. The van der Waals surface area contributed by atoms with E-state index in [0.29, 0.717) is 0 Å². The molecule has 0 aromatic carbocycles. The van der Waals surface area contributed by atoms with Gasteiger partial charge in [0.05, 0.1) is 0 Å². The van der Waals surface area contributed by atoms with Crippen LogP contribution in [0.4, 0.5) is 65.9 Å². The van der Waals surface area contributed by atoms with Crippen LogP contribution in [0.1, 0.15) is 0 Å². The van der Waals surface area contributed by atoms with E-state index in [2.05, 4.69) is 0 Å². The number of alkyl halides is 15. The van der Waals surface area contributed by atoms with Gasteiger partial charge in [-0.05, 0) is 0 Å². The lowest BCUT2D eigenvalue weighted by atomic mass is 9.93. The van der Waals surface area contributed by atoms with Crippen molar-refractivity contribution in [2.45, 2.75) is 41.9 Å². The molecule has 23 heavy (non-hydrogen) atoms. The number of hydrogen-bond donors (Lipinski definition) is 1. The van der Waals surface area contributed by atoms with Crippen LogP contribution < -0.4 is 0 Å². The zero-order valence-electron chi connectivity index (χ0n) is 9.62. The maximum Gasteiger partial charge on any atom is 0.460 e. The van der Waals surface area contributed by atoms with Gasteiger partial charge in [-0.25, -0.2) is 0 Å². The van der Waals surface area contributed by atoms with E-state index in [1.165, 1.54) is 0 Å². The normalized spacial score (nSPS) is 18.8. The second kappa shape index (κ2) is 4.95. The smallest absolute Gasteiger partial charge is 0.350 e. The van der Waals surface area contributed by atoms with E-state index >= 15 is 0 Å². The topological polar surface area (TPSA) is 20.2 Å². The zero-order chi connectivity index (χ0) is 19.5. The molecule has 16 heteroatoms. The van der Waals surface area contributed by atoms with Crippen LogP contribution in [-0.4, -0.2) is 47.0 Å². The summed E-state index contributed by atoms with van der Waals surface area (Å²) in [7, 11) is 0. The van der Waals surface area contributed by atoms with E-state index in [-0.39, 0.29) is 0 Å². The Bertz CT molecular complexity index is 400. The summed E-state index contributed by atoms with van der Waals surface area (Å²) >= 11 is 0. The van der Waals surface area contributed by atoms with E-state index in [4.69, 9.17) is 5.11 Å². The van der Waals surface area contributed by atoms with Gasteiger partial charge in [-0.1, -0.05) is 0 Å². The maximum atomic E-state index is 12.7. The molecular formula is C7HF15O. The van der Waals surface area contributed by atoms with E-state index in [1.807, 2.05) is 0 Å². The molecule has 0 aliphatic carbocycles. The molecular weight excluding hydrogens is 385 g/mol. The van der Waals surface area contributed by atoms with Crippen LogP contribution in [0.2, 0.25) is 0 Å². The van der Waals surface area contributed by atoms with Crippen molar-refractivity contribution in [1.82, 2.24) is 0 Å². The van der Waals surface area contributed by atoms with Crippen molar-refractivity contribution in [2.75, 3.05) is 0 Å². The summed E-state index contributed by atoms with van der Waals surface area (Å²) in [6, 6.07) is 0. The second-order valence-corrected chi connectivity index (χ2v) is 3.92. The van der Waals surface area contributed by atoms with Gasteiger partial charge >= 0.3 is 41.9 Å². The van der Waals surface area contributed by atoms with Crippen molar-refractivity contribution >= 4 is 0 Å². The zero-order valence-corrected chi connectivity index (χ0v) is 9.62. The Morgan fingerprint density at radius 2 is 0.609 bits per heavy atom. The van der Waals surface area contributed by atoms with Crippen molar-refractivity contribution in [1.29, 1.82) is 0 Å². The van der Waals surface area contributed by atoms with Crippen LogP contribution in [0, 0.1) is 0 Å². The molecule has 0 aliphatic heterocycles. The van der Waals surface area contributed by atoms with Gasteiger partial charge < -0.3 is 5.11 Å². The molecule has 0 bridgehead atoms. The third-order valence-electron chi connectivity index (χ3n) is 2.33. The fourth-order valence-corrected chi connectivity index (χ4v) is 0.958. The molecule has 1 N–H and O–H groups in total. The molecule has 0 fully saturated rings. The molecule has 0 aromatic rings.